The quantitative estimate of drug-likeness (QED) is 0.352. The number of carbonyl (C=O) groups is 1. The van der Waals surface area contributed by atoms with E-state index in [9.17, 15) is 4.79 Å². The lowest BCUT2D eigenvalue weighted by molar-refractivity contribution is -0.129. The molecular formula is C26H26N4O4S. The number of aromatic nitrogens is 3. The van der Waals surface area contributed by atoms with Gasteiger partial charge in [-0.2, -0.15) is 0 Å². The molecule has 9 heteroatoms. The van der Waals surface area contributed by atoms with E-state index in [1.807, 2.05) is 64.9 Å². The molecule has 0 saturated heterocycles. The van der Waals surface area contributed by atoms with Crippen molar-refractivity contribution >= 4 is 17.7 Å². The van der Waals surface area contributed by atoms with Crippen molar-refractivity contribution in [2.75, 3.05) is 26.5 Å². The summed E-state index contributed by atoms with van der Waals surface area (Å²) in [6.07, 6.45) is 2.42. The highest BCUT2D eigenvalue weighted by Crippen LogP contribution is 2.34. The fourth-order valence-electron chi connectivity index (χ4n) is 4.28. The number of hydrogen-bond donors (Lipinski definition) is 0. The fraction of sp³-hybridized carbons (Fsp3) is 0.269. The first kappa shape index (κ1) is 23.0. The van der Waals surface area contributed by atoms with E-state index in [0.717, 1.165) is 29.0 Å². The molecule has 3 heterocycles. The Labute approximate surface area is 207 Å². The highest BCUT2D eigenvalue weighted by Gasteiger charge is 2.25. The molecule has 5 rings (SSSR count). The number of aryl methyl sites for hydroxylation is 1. The van der Waals surface area contributed by atoms with E-state index >= 15 is 0 Å². The molecule has 2 aromatic heterocycles. The number of nitrogens with zero attached hydrogens (tertiary/aromatic N) is 4. The summed E-state index contributed by atoms with van der Waals surface area (Å²) in [6.45, 7) is 3.10. The molecule has 180 valence electrons. The molecule has 0 atom stereocenters. The summed E-state index contributed by atoms with van der Waals surface area (Å²) < 4.78 is 18.3. The van der Waals surface area contributed by atoms with Crippen LogP contribution in [0.2, 0.25) is 0 Å². The summed E-state index contributed by atoms with van der Waals surface area (Å²) in [4.78, 5) is 15.1. The van der Waals surface area contributed by atoms with Gasteiger partial charge in [-0.15, -0.1) is 10.2 Å². The van der Waals surface area contributed by atoms with Gasteiger partial charge in [-0.1, -0.05) is 30.0 Å². The molecule has 8 nitrogen and oxygen atoms in total. The van der Waals surface area contributed by atoms with Gasteiger partial charge in [0.05, 0.1) is 31.8 Å². The number of thioether (sulfide) groups is 1. The molecule has 1 aliphatic rings. The predicted molar refractivity (Wildman–Crippen MR) is 133 cm³/mol. The highest BCUT2D eigenvalue weighted by molar-refractivity contribution is 7.99. The number of carbonyl (C=O) groups excluding carboxylic acids is 1. The molecule has 0 N–H and O–H groups in total. The van der Waals surface area contributed by atoms with E-state index in [1.165, 1.54) is 17.3 Å². The zero-order chi connectivity index (χ0) is 24.4. The van der Waals surface area contributed by atoms with Crippen LogP contribution in [0.1, 0.15) is 16.9 Å². The summed E-state index contributed by atoms with van der Waals surface area (Å²) in [6, 6.07) is 15.7. The number of benzene rings is 2. The zero-order valence-corrected chi connectivity index (χ0v) is 20.7. The van der Waals surface area contributed by atoms with Gasteiger partial charge in [0.2, 0.25) is 5.91 Å². The molecule has 2 aromatic carbocycles. The number of amides is 1. The van der Waals surface area contributed by atoms with Crippen LogP contribution in [0, 0.1) is 6.92 Å². The number of para-hydroxylation sites is 1. The predicted octanol–water partition coefficient (Wildman–Crippen LogP) is 4.53. The molecule has 0 fully saturated rings. The van der Waals surface area contributed by atoms with Gasteiger partial charge < -0.3 is 18.8 Å². The summed E-state index contributed by atoms with van der Waals surface area (Å²) >= 11 is 1.39. The standard InChI is InChI=1S/C26H26N4O4S/c1-17-21(10-12-34-17)25-27-28-26(30(25)20-7-5-4-6-8-20)35-16-24(31)29-11-9-18-13-22(32-2)23(33-3)14-19(18)15-29/h4-8,10,12-14H,9,11,15-16H2,1-3H3. The average molecular weight is 491 g/mol. The smallest absolute Gasteiger partial charge is 0.233 e. The van der Waals surface area contributed by atoms with E-state index in [2.05, 4.69) is 10.2 Å². The van der Waals surface area contributed by atoms with Gasteiger partial charge in [0.15, 0.2) is 22.5 Å². The summed E-state index contributed by atoms with van der Waals surface area (Å²) in [5.74, 6) is 3.15. The van der Waals surface area contributed by atoms with Gasteiger partial charge in [-0.3, -0.25) is 9.36 Å². The van der Waals surface area contributed by atoms with Crippen molar-refractivity contribution in [3.8, 4) is 28.6 Å². The lowest BCUT2D eigenvalue weighted by Gasteiger charge is -2.29. The molecule has 0 aliphatic carbocycles. The van der Waals surface area contributed by atoms with Gasteiger partial charge in [0, 0.05) is 18.8 Å². The van der Waals surface area contributed by atoms with Gasteiger partial charge in [-0.25, -0.2) is 0 Å². The van der Waals surface area contributed by atoms with E-state index < -0.39 is 0 Å². The molecule has 0 bridgehead atoms. The monoisotopic (exact) mass is 490 g/mol. The number of fused-ring (bicyclic) bond motifs is 1. The minimum Gasteiger partial charge on any atom is -0.493 e. The average Bonchev–Trinajstić information content (AvgIpc) is 3.51. The van der Waals surface area contributed by atoms with Crippen molar-refractivity contribution in [3.05, 3.63) is 71.7 Å². The van der Waals surface area contributed by atoms with Crippen molar-refractivity contribution in [1.82, 2.24) is 19.7 Å². The minimum absolute atomic E-state index is 0.0547. The third-order valence-corrected chi connectivity index (χ3v) is 7.06. The van der Waals surface area contributed by atoms with Crippen LogP contribution in [0.15, 0.2) is 64.4 Å². The Balaban J connectivity index is 1.35. The highest BCUT2D eigenvalue weighted by atomic mass is 32.2. The lowest BCUT2D eigenvalue weighted by Crippen LogP contribution is -2.37. The number of hydrogen-bond acceptors (Lipinski definition) is 7. The van der Waals surface area contributed by atoms with Gasteiger partial charge in [0.25, 0.3) is 0 Å². The summed E-state index contributed by atoms with van der Waals surface area (Å²) in [7, 11) is 3.25. The maximum atomic E-state index is 13.2. The largest absolute Gasteiger partial charge is 0.493 e. The maximum Gasteiger partial charge on any atom is 0.233 e. The number of furan rings is 1. The summed E-state index contributed by atoms with van der Waals surface area (Å²) in [5.41, 5.74) is 4.06. The minimum atomic E-state index is 0.0547. The Morgan fingerprint density at radius 3 is 2.49 bits per heavy atom. The first-order valence-electron chi connectivity index (χ1n) is 11.3. The second-order valence-corrected chi connectivity index (χ2v) is 9.14. The van der Waals surface area contributed by atoms with E-state index in [1.54, 1.807) is 20.5 Å². The van der Waals surface area contributed by atoms with Crippen molar-refractivity contribution in [1.29, 1.82) is 0 Å². The van der Waals surface area contributed by atoms with Crippen LogP contribution in [0.5, 0.6) is 11.5 Å². The first-order chi connectivity index (χ1) is 17.1. The molecule has 0 unspecified atom stereocenters. The second-order valence-electron chi connectivity index (χ2n) is 8.20. The Kier molecular flexibility index (Phi) is 6.50. The third kappa shape index (κ3) is 4.51. The van der Waals surface area contributed by atoms with Crippen LogP contribution >= 0.6 is 11.8 Å². The van der Waals surface area contributed by atoms with Crippen molar-refractivity contribution in [3.63, 3.8) is 0 Å². The Bertz CT molecular complexity index is 1350. The maximum absolute atomic E-state index is 13.2. The molecule has 0 spiro atoms. The normalized spacial score (nSPS) is 12.9. The van der Waals surface area contributed by atoms with Crippen LogP contribution < -0.4 is 9.47 Å². The molecule has 0 saturated carbocycles. The van der Waals surface area contributed by atoms with Crippen molar-refractivity contribution in [2.45, 2.75) is 25.0 Å². The topological polar surface area (TPSA) is 82.6 Å². The Morgan fingerprint density at radius 1 is 1.06 bits per heavy atom. The molecular weight excluding hydrogens is 464 g/mol. The van der Waals surface area contributed by atoms with Crippen LogP contribution in [0.25, 0.3) is 17.1 Å². The molecule has 1 aliphatic heterocycles. The fourth-order valence-corrected chi connectivity index (χ4v) is 5.13. The first-order valence-corrected chi connectivity index (χ1v) is 12.3. The molecule has 1 amide bonds. The molecule has 4 aromatic rings. The van der Waals surface area contributed by atoms with Crippen molar-refractivity contribution in [2.24, 2.45) is 0 Å². The third-order valence-electron chi connectivity index (χ3n) is 6.14. The van der Waals surface area contributed by atoms with E-state index in [0.29, 0.717) is 35.6 Å². The van der Waals surface area contributed by atoms with Crippen molar-refractivity contribution < 1.29 is 18.7 Å². The number of ether oxygens (including phenoxy) is 2. The Morgan fingerprint density at radius 2 is 1.80 bits per heavy atom. The van der Waals surface area contributed by atoms with E-state index in [4.69, 9.17) is 13.9 Å². The van der Waals surface area contributed by atoms with E-state index in [-0.39, 0.29) is 11.7 Å². The second kappa shape index (κ2) is 9.87. The zero-order valence-electron chi connectivity index (χ0n) is 19.9. The van der Waals surface area contributed by atoms with Crippen LogP contribution in [0.4, 0.5) is 0 Å². The number of methoxy groups -OCH3 is 2. The lowest BCUT2D eigenvalue weighted by atomic mass is 9.99. The molecule has 35 heavy (non-hydrogen) atoms. The van der Waals surface area contributed by atoms with Crippen LogP contribution in [-0.2, 0) is 17.8 Å². The Hall–Kier alpha value is -3.72. The van der Waals surface area contributed by atoms with Crippen LogP contribution in [-0.4, -0.2) is 52.1 Å². The van der Waals surface area contributed by atoms with Gasteiger partial charge in [-0.05, 0) is 54.8 Å². The van der Waals surface area contributed by atoms with Gasteiger partial charge >= 0.3 is 0 Å². The van der Waals surface area contributed by atoms with Crippen LogP contribution in [0.3, 0.4) is 0 Å². The summed E-state index contributed by atoms with van der Waals surface area (Å²) in [5, 5.41) is 9.51. The molecule has 0 radical (unpaired) electrons. The SMILES string of the molecule is COc1cc2c(cc1OC)CN(C(=O)CSc1nnc(-c3ccoc3C)n1-c1ccccc1)CC2. The van der Waals surface area contributed by atoms with Gasteiger partial charge in [0.1, 0.15) is 5.76 Å². The number of rotatable bonds is 7.